The molecule has 176 valence electrons. The minimum Gasteiger partial charge on any atom is -0.494 e. The van der Waals surface area contributed by atoms with Gasteiger partial charge in [0.25, 0.3) is 0 Å². The lowest BCUT2D eigenvalue weighted by Crippen LogP contribution is -2.42. The van der Waals surface area contributed by atoms with E-state index in [0.29, 0.717) is 23.5 Å². The largest absolute Gasteiger partial charge is 0.494 e. The van der Waals surface area contributed by atoms with Gasteiger partial charge >= 0.3 is 0 Å². The van der Waals surface area contributed by atoms with E-state index in [1.54, 1.807) is 4.68 Å². The SMILES string of the molecule is CCCCCCOc1ccc2c(c1)CC[C@H]1[C@@H]2CC[C@@]2(C)C(=O)/C(=C/c3cnn(C)c3)C[C@H]12. The number of rotatable bonds is 7. The summed E-state index contributed by atoms with van der Waals surface area (Å²) in [4.78, 5) is 13.5. The average Bonchev–Trinajstić information content (AvgIpc) is 3.34. The number of hydrogen-bond acceptors (Lipinski definition) is 3. The van der Waals surface area contributed by atoms with Crippen LogP contribution in [0.5, 0.6) is 5.75 Å². The molecule has 2 fully saturated rings. The van der Waals surface area contributed by atoms with Crippen LogP contribution in [0.15, 0.2) is 36.2 Å². The lowest BCUT2D eigenvalue weighted by Gasteiger charge is -2.48. The summed E-state index contributed by atoms with van der Waals surface area (Å²) in [6, 6.07) is 6.81. The van der Waals surface area contributed by atoms with Gasteiger partial charge in [-0.25, -0.2) is 0 Å². The molecule has 0 unspecified atom stereocenters. The van der Waals surface area contributed by atoms with Gasteiger partial charge in [0.1, 0.15) is 5.75 Å². The van der Waals surface area contributed by atoms with Crippen LogP contribution in [0.2, 0.25) is 0 Å². The maximum Gasteiger partial charge on any atom is 0.165 e. The van der Waals surface area contributed by atoms with E-state index in [2.05, 4.69) is 43.2 Å². The molecule has 0 N–H and O–H groups in total. The van der Waals surface area contributed by atoms with E-state index in [-0.39, 0.29) is 5.41 Å². The zero-order valence-corrected chi connectivity index (χ0v) is 20.5. The lowest BCUT2D eigenvalue weighted by molar-refractivity contribution is -0.127. The predicted molar refractivity (Wildman–Crippen MR) is 132 cm³/mol. The van der Waals surface area contributed by atoms with Crippen molar-refractivity contribution in [3.8, 4) is 5.75 Å². The lowest BCUT2D eigenvalue weighted by atomic mass is 9.55. The van der Waals surface area contributed by atoms with Gasteiger partial charge in [-0.3, -0.25) is 9.48 Å². The summed E-state index contributed by atoms with van der Waals surface area (Å²) >= 11 is 0. The van der Waals surface area contributed by atoms with E-state index in [4.69, 9.17) is 4.74 Å². The minimum absolute atomic E-state index is 0.200. The molecule has 2 saturated carbocycles. The molecule has 4 nitrogen and oxygen atoms in total. The Balaban J connectivity index is 1.32. The number of ketones is 1. The van der Waals surface area contributed by atoms with E-state index in [1.165, 1.54) is 36.8 Å². The number of aromatic nitrogens is 2. The van der Waals surface area contributed by atoms with Crippen LogP contribution in [0.1, 0.15) is 87.8 Å². The van der Waals surface area contributed by atoms with Crippen molar-refractivity contribution in [2.75, 3.05) is 6.61 Å². The van der Waals surface area contributed by atoms with E-state index in [9.17, 15) is 4.79 Å². The zero-order valence-electron chi connectivity index (χ0n) is 20.5. The zero-order chi connectivity index (χ0) is 23.0. The topological polar surface area (TPSA) is 44.1 Å². The molecule has 0 amide bonds. The number of carbonyl (C=O) groups is 1. The fraction of sp³-hybridized carbons (Fsp3) is 0.586. The Kier molecular flexibility index (Phi) is 6.20. The molecule has 0 aliphatic heterocycles. The van der Waals surface area contributed by atoms with Crippen LogP contribution in [0.25, 0.3) is 6.08 Å². The van der Waals surface area contributed by atoms with Crippen LogP contribution < -0.4 is 4.74 Å². The highest BCUT2D eigenvalue weighted by Crippen LogP contribution is 2.60. The highest BCUT2D eigenvalue weighted by Gasteiger charge is 2.56. The molecular formula is C29H38N2O2. The highest BCUT2D eigenvalue weighted by atomic mass is 16.5. The third kappa shape index (κ3) is 4.18. The first kappa shape index (κ1) is 22.4. The van der Waals surface area contributed by atoms with Crippen LogP contribution in [-0.4, -0.2) is 22.2 Å². The first-order chi connectivity index (χ1) is 16.0. The van der Waals surface area contributed by atoms with Gasteiger partial charge < -0.3 is 4.74 Å². The van der Waals surface area contributed by atoms with Crippen molar-refractivity contribution < 1.29 is 9.53 Å². The molecular weight excluding hydrogens is 408 g/mol. The fourth-order valence-electron chi connectivity index (χ4n) is 6.88. The third-order valence-electron chi connectivity index (χ3n) is 8.67. The molecule has 33 heavy (non-hydrogen) atoms. The quantitative estimate of drug-likeness (QED) is 0.360. The van der Waals surface area contributed by atoms with Crippen LogP contribution >= 0.6 is 0 Å². The number of aryl methyl sites for hydroxylation is 2. The predicted octanol–water partition coefficient (Wildman–Crippen LogP) is 6.50. The van der Waals surface area contributed by atoms with Gasteiger partial charge in [0, 0.05) is 24.2 Å². The average molecular weight is 447 g/mol. The number of allylic oxidation sites excluding steroid dienone is 1. The molecule has 2 aromatic rings. The number of Topliss-reactive ketones (excluding diaryl/α,β-unsaturated/α-hetero) is 1. The molecule has 0 spiro atoms. The Hall–Kier alpha value is -2.36. The van der Waals surface area contributed by atoms with E-state index >= 15 is 0 Å². The van der Waals surface area contributed by atoms with Gasteiger partial charge in [-0.15, -0.1) is 0 Å². The summed E-state index contributed by atoms with van der Waals surface area (Å²) in [6.07, 6.45) is 16.2. The minimum atomic E-state index is -0.200. The van der Waals surface area contributed by atoms with Crippen molar-refractivity contribution in [3.05, 3.63) is 52.9 Å². The second-order valence-electron chi connectivity index (χ2n) is 10.8. The van der Waals surface area contributed by atoms with Crippen molar-refractivity contribution in [2.45, 2.75) is 77.6 Å². The monoisotopic (exact) mass is 446 g/mol. The fourth-order valence-corrected chi connectivity index (χ4v) is 6.88. The van der Waals surface area contributed by atoms with Crippen molar-refractivity contribution in [1.82, 2.24) is 9.78 Å². The number of ether oxygens (including phenoxy) is 1. The molecule has 4 heteroatoms. The van der Waals surface area contributed by atoms with Crippen LogP contribution in [0.3, 0.4) is 0 Å². The Labute approximate surface area is 198 Å². The molecule has 1 heterocycles. The van der Waals surface area contributed by atoms with Crippen LogP contribution in [0, 0.1) is 17.3 Å². The van der Waals surface area contributed by atoms with E-state index < -0.39 is 0 Å². The van der Waals surface area contributed by atoms with Gasteiger partial charge in [-0.2, -0.15) is 5.10 Å². The normalized spacial score (nSPS) is 29.6. The second kappa shape index (κ2) is 9.12. The second-order valence-corrected chi connectivity index (χ2v) is 10.8. The number of carbonyl (C=O) groups excluding carboxylic acids is 1. The van der Waals surface area contributed by atoms with Gasteiger partial charge in [0.2, 0.25) is 0 Å². The first-order valence-corrected chi connectivity index (χ1v) is 13.0. The van der Waals surface area contributed by atoms with Gasteiger partial charge in [-0.1, -0.05) is 39.2 Å². The molecule has 5 rings (SSSR count). The maximum absolute atomic E-state index is 13.5. The molecule has 0 radical (unpaired) electrons. The Bertz CT molecular complexity index is 1050. The standard InChI is InChI=1S/C29H38N2O2/c1-4-5-6-7-14-33-23-9-11-24-21(16-23)8-10-26-25(24)12-13-29(2)27(26)17-22(28(29)32)15-20-18-30-31(3)19-20/h9,11,15-16,18-19,25-27H,4-8,10,12-14,17H2,1-3H3/b22-15+/t25-,26+,27-,29-/m1/s1. The summed E-state index contributed by atoms with van der Waals surface area (Å²) in [6.45, 7) is 5.30. The Morgan fingerprint density at radius 2 is 2.12 bits per heavy atom. The molecule has 1 aromatic heterocycles. The number of nitrogens with zero attached hydrogens (tertiary/aromatic N) is 2. The highest BCUT2D eigenvalue weighted by molar-refractivity contribution is 6.05. The summed E-state index contributed by atoms with van der Waals surface area (Å²) in [7, 11) is 1.92. The van der Waals surface area contributed by atoms with Gasteiger partial charge in [0.05, 0.1) is 12.8 Å². The molecule has 3 aliphatic rings. The number of benzene rings is 1. The third-order valence-corrected chi connectivity index (χ3v) is 8.67. The van der Waals surface area contributed by atoms with Crippen molar-refractivity contribution >= 4 is 11.9 Å². The smallest absolute Gasteiger partial charge is 0.165 e. The van der Waals surface area contributed by atoms with Crippen molar-refractivity contribution in [3.63, 3.8) is 0 Å². The summed E-state index contributed by atoms with van der Waals surface area (Å²) in [5.41, 5.74) is 4.84. The number of hydrogen-bond donors (Lipinski definition) is 0. The van der Waals surface area contributed by atoms with E-state index in [1.807, 2.05) is 19.4 Å². The molecule has 0 saturated heterocycles. The number of fused-ring (bicyclic) bond motifs is 5. The first-order valence-electron chi connectivity index (χ1n) is 13.0. The van der Waals surface area contributed by atoms with Crippen molar-refractivity contribution in [2.24, 2.45) is 24.3 Å². The Morgan fingerprint density at radius 3 is 2.91 bits per heavy atom. The molecule has 0 bridgehead atoms. The molecule has 4 atom stereocenters. The maximum atomic E-state index is 13.5. The van der Waals surface area contributed by atoms with Crippen LogP contribution in [-0.2, 0) is 18.3 Å². The summed E-state index contributed by atoms with van der Waals surface area (Å²) in [5.74, 6) is 3.04. The molecule has 1 aromatic carbocycles. The molecule has 3 aliphatic carbocycles. The number of unbranched alkanes of at least 4 members (excludes halogenated alkanes) is 3. The van der Waals surface area contributed by atoms with E-state index in [0.717, 1.165) is 55.6 Å². The van der Waals surface area contributed by atoms with Crippen LogP contribution in [0.4, 0.5) is 0 Å². The van der Waals surface area contributed by atoms with Crippen molar-refractivity contribution in [1.29, 1.82) is 0 Å². The van der Waals surface area contributed by atoms with Gasteiger partial charge in [0.15, 0.2) is 5.78 Å². The Morgan fingerprint density at radius 1 is 1.24 bits per heavy atom. The van der Waals surface area contributed by atoms with Gasteiger partial charge in [-0.05, 0) is 91.2 Å². The summed E-state index contributed by atoms with van der Waals surface area (Å²) < 4.78 is 7.87. The summed E-state index contributed by atoms with van der Waals surface area (Å²) in [5, 5.41) is 4.27.